The minimum absolute atomic E-state index is 0.0358. The molecule has 4 rings (SSSR count). The first-order valence-corrected chi connectivity index (χ1v) is 12.0. The number of benzene rings is 2. The van der Waals surface area contributed by atoms with Crippen LogP contribution in [0.4, 0.5) is 5.69 Å². The molecule has 1 amide bonds. The molecule has 1 fully saturated rings. The number of esters is 2. The number of cyclic esters (lactones) is 1. The maximum absolute atomic E-state index is 13.0. The minimum Gasteiger partial charge on any atom is -0.460 e. The summed E-state index contributed by atoms with van der Waals surface area (Å²) in [6.45, 7) is 3.49. The number of thioether (sulfide) groups is 1. The van der Waals surface area contributed by atoms with Gasteiger partial charge in [0.15, 0.2) is 0 Å². The fourth-order valence-electron chi connectivity index (χ4n) is 3.80. The van der Waals surface area contributed by atoms with Gasteiger partial charge >= 0.3 is 11.9 Å². The molecule has 10 heteroatoms. The van der Waals surface area contributed by atoms with Gasteiger partial charge in [-0.2, -0.15) is 0 Å². The highest BCUT2D eigenvalue weighted by Crippen LogP contribution is 2.26. The fourth-order valence-corrected chi connectivity index (χ4v) is 4.64. The maximum atomic E-state index is 13.0. The summed E-state index contributed by atoms with van der Waals surface area (Å²) in [4.78, 5) is 50.7. The number of nitrogens with zero attached hydrogens (tertiary/aromatic N) is 2. The molecule has 1 aromatic heterocycles. The number of carbonyl (C=O) groups excluding carboxylic acids is 3. The van der Waals surface area contributed by atoms with Crippen molar-refractivity contribution in [2.75, 3.05) is 11.1 Å². The third-order valence-electron chi connectivity index (χ3n) is 5.66. The van der Waals surface area contributed by atoms with E-state index in [1.54, 1.807) is 49.8 Å². The highest BCUT2D eigenvalue weighted by Gasteiger charge is 2.35. The van der Waals surface area contributed by atoms with Crippen molar-refractivity contribution in [3.05, 3.63) is 76.2 Å². The number of amides is 1. The number of carbonyl (C=O) groups is 3. The monoisotopic (exact) mass is 495 g/mol. The molecule has 2 atom stereocenters. The molecular weight excluding hydrogens is 470 g/mol. The summed E-state index contributed by atoms with van der Waals surface area (Å²) in [7, 11) is 1.75. The Kier molecular flexibility index (Phi) is 7.11. The normalized spacial score (nSPS) is 17.2. The van der Waals surface area contributed by atoms with Gasteiger partial charge in [-0.25, -0.2) is 14.3 Å². The molecule has 0 bridgehead atoms. The molecule has 2 aromatic carbocycles. The van der Waals surface area contributed by atoms with Crippen molar-refractivity contribution in [2.24, 2.45) is 7.05 Å². The molecule has 0 saturated carbocycles. The van der Waals surface area contributed by atoms with Crippen molar-refractivity contribution in [3.8, 4) is 5.69 Å². The van der Waals surface area contributed by atoms with E-state index in [0.29, 0.717) is 22.7 Å². The van der Waals surface area contributed by atoms with Crippen LogP contribution >= 0.6 is 11.8 Å². The van der Waals surface area contributed by atoms with Gasteiger partial charge in [-0.3, -0.25) is 14.3 Å². The number of anilines is 1. The molecule has 182 valence electrons. The van der Waals surface area contributed by atoms with Gasteiger partial charge in [-0.1, -0.05) is 30.3 Å². The van der Waals surface area contributed by atoms with Crippen LogP contribution < -0.4 is 10.9 Å². The van der Waals surface area contributed by atoms with Crippen LogP contribution in [-0.2, 0) is 26.1 Å². The van der Waals surface area contributed by atoms with Crippen LogP contribution in [0.15, 0.2) is 64.3 Å². The first kappa shape index (κ1) is 24.3. The highest BCUT2D eigenvalue weighted by atomic mass is 32.2. The Hall–Kier alpha value is -3.79. The smallest absolute Gasteiger partial charge is 0.347 e. The Morgan fingerprint density at radius 1 is 1.11 bits per heavy atom. The van der Waals surface area contributed by atoms with Gasteiger partial charge in [0.2, 0.25) is 12.0 Å². The molecule has 35 heavy (non-hydrogen) atoms. The summed E-state index contributed by atoms with van der Waals surface area (Å²) in [5.74, 6) is -1.65. The van der Waals surface area contributed by atoms with Crippen molar-refractivity contribution < 1.29 is 23.9 Å². The van der Waals surface area contributed by atoms with Gasteiger partial charge in [0.25, 0.3) is 5.56 Å². The Morgan fingerprint density at radius 3 is 2.49 bits per heavy atom. The number of ether oxygens (including phenoxy) is 2. The van der Waals surface area contributed by atoms with Crippen molar-refractivity contribution in [3.63, 3.8) is 0 Å². The number of aromatic nitrogens is 2. The Balaban J connectivity index is 1.45. The van der Waals surface area contributed by atoms with Gasteiger partial charge in [-0.05, 0) is 38.1 Å². The Bertz CT molecular complexity index is 1330. The van der Waals surface area contributed by atoms with Crippen LogP contribution in [0.2, 0.25) is 0 Å². The quantitative estimate of drug-likeness (QED) is 0.396. The van der Waals surface area contributed by atoms with Crippen LogP contribution in [-0.4, -0.2) is 45.2 Å². The lowest BCUT2D eigenvalue weighted by atomic mass is 10.2. The number of nitrogens with one attached hydrogen (secondary N) is 1. The standard InChI is InChI=1S/C25H25N3O6S/c1-15-13-19(25(32)33-15)34-24(31)18-11-7-8-12-20(18)35-14-21(29)26-22-16(2)27(3)28(23(22)30)17-9-5-4-6-10-17/h4-12,15,19H,13-14H2,1-3H3,(H,26,29)/t15-,19-/m0/s1. The SMILES string of the molecule is Cc1c(NC(=O)CSc2ccccc2C(=O)O[C@H]2C[C@H](C)OC2=O)c(=O)n(-c2ccccc2)n1C. The Morgan fingerprint density at radius 2 is 1.80 bits per heavy atom. The molecule has 0 unspecified atom stereocenters. The van der Waals surface area contributed by atoms with Crippen molar-refractivity contribution >= 4 is 35.3 Å². The lowest BCUT2D eigenvalue weighted by Gasteiger charge is -2.11. The zero-order valence-corrected chi connectivity index (χ0v) is 20.3. The van der Waals surface area contributed by atoms with E-state index >= 15 is 0 Å². The zero-order valence-electron chi connectivity index (χ0n) is 19.5. The predicted molar refractivity (Wildman–Crippen MR) is 131 cm³/mol. The molecule has 1 saturated heterocycles. The lowest BCUT2D eigenvalue weighted by molar-refractivity contribution is -0.147. The molecule has 9 nitrogen and oxygen atoms in total. The topological polar surface area (TPSA) is 109 Å². The van der Waals surface area contributed by atoms with Gasteiger partial charge in [0, 0.05) is 18.4 Å². The van der Waals surface area contributed by atoms with Gasteiger partial charge in [0.1, 0.15) is 11.8 Å². The van der Waals surface area contributed by atoms with E-state index in [-0.39, 0.29) is 28.7 Å². The number of para-hydroxylation sites is 1. The number of rotatable bonds is 7. The third-order valence-corrected chi connectivity index (χ3v) is 6.73. The average Bonchev–Trinajstić information content (AvgIpc) is 3.27. The molecule has 2 heterocycles. The first-order valence-electron chi connectivity index (χ1n) is 11.0. The van der Waals surface area contributed by atoms with E-state index in [2.05, 4.69) is 5.32 Å². The maximum Gasteiger partial charge on any atom is 0.347 e. The van der Waals surface area contributed by atoms with Gasteiger partial charge < -0.3 is 14.8 Å². The molecule has 3 aromatic rings. The third kappa shape index (κ3) is 5.17. The fraction of sp³-hybridized carbons (Fsp3) is 0.280. The van der Waals surface area contributed by atoms with E-state index in [1.165, 1.54) is 4.68 Å². The molecular formula is C25H25N3O6S. The number of hydrogen-bond donors (Lipinski definition) is 1. The first-order chi connectivity index (χ1) is 16.8. The predicted octanol–water partition coefficient (Wildman–Crippen LogP) is 3.08. The second-order valence-electron chi connectivity index (χ2n) is 8.15. The summed E-state index contributed by atoms with van der Waals surface area (Å²) >= 11 is 1.14. The summed E-state index contributed by atoms with van der Waals surface area (Å²) in [5.41, 5.74) is 1.41. The van der Waals surface area contributed by atoms with E-state index in [0.717, 1.165) is 11.8 Å². The molecule has 0 radical (unpaired) electrons. The minimum atomic E-state index is -0.938. The van der Waals surface area contributed by atoms with Crippen LogP contribution in [0.1, 0.15) is 29.4 Å². The average molecular weight is 496 g/mol. The zero-order chi connectivity index (χ0) is 25.1. The van der Waals surface area contributed by atoms with Crippen LogP contribution in [0, 0.1) is 6.92 Å². The van der Waals surface area contributed by atoms with Crippen molar-refractivity contribution in [1.29, 1.82) is 0 Å². The largest absolute Gasteiger partial charge is 0.460 e. The van der Waals surface area contributed by atoms with Crippen LogP contribution in [0.25, 0.3) is 5.69 Å². The van der Waals surface area contributed by atoms with Gasteiger partial charge in [0.05, 0.1) is 22.7 Å². The van der Waals surface area contributed by atoms with Crippen LogP contribution in [0.5, 0.6) is 0 Å². The Labute approximate surface area is 206 Å². The van der Waals surface area contributed by atoms with Crippen LogP contribution in [0.3, 0.4) is 0 Å². The molecule has 0 aliphatic carbocycles. The van der Waals surface area contributed by atoms with E-state index in [9.17, 15) is 19.2 Å². The summed E-state index contributed by atoms with van der Waals surface area (Å²) in [6, 6.07) is 15.8. The van der Waals surface area contributed by atoms with E-state index in [1.807, 2.05) is 30.3 Å². The molecule has 1 aliphatic heterocycles. The second kappa shape index (κ2) is 10.2. The highest BCUT2D eigenvalue weighted by molar-refractivity contribution is 8.00. The molecule has 1 aliphatic rings. The molecule has 1 N–H and O–H groups in total. The number of hydrogen-bond acceptors (Lipinski definition) is 7. The lowest BCUT2D eigenvalue weighted by Crippen LogP contribution is -2.24. The van der Waals surface area contributed by atoms with E-state index in [4.69, 9.17) is 9.47 Å². The summed E-state index contributed by atoms with van der Waals surface area (Å²) < 4.78 is 13.5. The summed E-state index contributed by atoms with van der Waals surface area (Å²) in [6.07, 6.45) is -0.938. The van der Waals surface area contributed by atoms with Crippen molar-refractivity contribution in [1.82, 2.24) is 9.36 Å². The van der Waals surface area contributed by atoms with Gasteiger partial charge in [-0.15, -0.1) is 11.8 Å². The molecule has 0 spiro atoms. The van der Waals surface area contributed by atoms with E-state index < -0.39 is 23.9 Å². The summed E-state index contributed by atoms with van der Waals surface area (Å²) in [5, 5.41) is 2.71. The second-order valence-corrected chi connectivity index (χ2v) is 9.16. The van der Waals surface area contributed by atoms with Crippen molar-refractivity contribution in [2.45, 2.75) is 37.4 Å².